The summed E-state index contributed by atoms with van der Waals surface area (Å²) < 4.78 is 19.1. The van der Waals surface area contributed by atoms with Gasteiger partial charge in [-0.2, -0.15) is 0 Å². The second-order valence-corrected chi connectivity index (χ2v) is 5.05. The van der Waals surface area contributed by atoms with Gasteiger partial charge in [0.15, 0.2) is 0 Å². The first-order chi connectivity index (χ1) is 8.56. The number of ether oxygens (including phenoxy) is 1. The van der Waals surface area contributed by atoms with Crippen LogP contribution in [0.5, 0.6) is 0 Å². The summed E-state index contributed by atoms with van der Waals surface area (Å²) in [6, 6.07) is 2.88. The molecule has 18 heavy (non-hydrogen) atoms. The van der Waals surface area contributed by atoms with Gasteiger partial charge in [0.25, 0.3) is 0 Å². The van der Waals surface area contributed by atoms with Crippen LogP contribution < -0.4 is 0 Å². The van der Waals surface area contributed by atoms with Crippen LogP contribution >= 0.6 is 31.9 Å². The summed E-state index contributed by atoms with van der Waals surface area (Å²) in [6.45, 7) is 2.02. The third-order valence-electron chi connectivity index (χ3n) is 2.36. The SMILES string of the molecule is CCOC(=O)c1cnc2c(Br)c(F)ccc2c1Br. The van der Waals surface area contributed by atoms with Crippen LogP contribution in [-0.4, -0.2) is 17.6 Å². The summed E-state index contributed by atoms with van der Waals surface area (Å²) in [7, 11) is 0. The van der Waals surface area contributed by atoms with E-state index in [0.717, 1.165) is 0 Å². The minimum absolute atomic E-state index is 0.274. The Morgan fingerprint density at radius 2 is 2.11 bits per heavy atom. The maximum atomic E-state index is 13.4. The molecule has 0 radical (unpaired) electrons. The molecule has 94 valence electrons. The zero-order valence-corrected chi connectivity index (χ0v) is 12.5. The van der Waals surface area contributed by atoms with Crippen LogP contribution in [0.2, 0.25) is 0 Å². The molecule has 0 bridgehead atoms. The molecule has 0 aliphatic heterocycles. The number of rotatable bonds is 2. The van der Waals surface area contributed by atoms with Gasteiger partial charge in [0.1, 0.15) is 5.82 Å². The van der Waals surface area contributed by atoms with Crippen LogP contribution in [0, 0.1) is 5.82 Å². The van der Waals surface area contributed by atoms with Gasteiger partial charge in [-0.05, 0) is 50.9 Å². The van der Waals surface area contributed by atoms with Gasteiger partial charge in [-0.1, -0.05) is 0 Å². The van der Waals surface area contributed by atoms with Crippen LogP contribution in [0.25, 0.3) is 10.9 Å². The van der Waals surface area contributed by atoms with Crippen molar-refractivity contribution in [3.63, 3.8) is 0 Å². The molecule has 3 nitrogen and oxygen atoms in total. The standard InChI is InChI=1S/C12H8Br2FNO2/c1-2-18-12(17)7-5-16-11-6(9(7)13)3-4-8(15)10(11)14/h3-5H,2H2,1H3. The van der Waals surface area contributed by atoms with E-state index in [-0.39, 0.29) is 11.1 Å². The Labute approximate surface area is 120 Å². The number of fused-ring (bicyclic) bond motifs is 1. The second-order valence-electron chi connectivity index (χ2n) is 3.46. The molecule has 1 aromatic carbocycles. The average molecular weight is 377 g/mol. The zero-order valence-electron chi connectivity index (χ0n) is 9.34. The molecule has 1 heterocycles. The van der Waals surface area contributed by atoms with E-state index in [2.05, 4.69) is 36.8 Å². The van der Waals surface area contributed by atoms with Crippen molar-refractivity contribution in [2.75, 3.05) is 6.61 Å². The molecule has 0 saturated heterocycles. The Balaban J connectivity index is 2.65. The van der Waals surface area contributed by atoms with Crippen molar-refractivity contribution in [2.24, 2.45) is 0 Å². The summed E-state index contributed by atoms with van der Waals surface area (Å²) in [5.41, 5.74) is 0.776. The highest BCUT2D eigenvalue weighted by Gasteiger charge is 2.16. The number of benzene rings is 1. The number of nitrogens with zero attached hydrogens (tertiary/aromatic N) is 1. The number of halogens is 3. The third kappa shape index (κ3) is 2.27. The molecule has 0 saturated carbocycles. The number of hydrogen-bond donors (Lipinski definition) is 0. The summed E-state index contributed by atoms with van der Waals surface area (Å²) in [4.78, 5) is 15.8. The van der Waals surface area contributed by atoms with Crippen molar-refractivity contribution >= 4 is 48.7 Å². The second kappa shape index (κ2) is 5.32. The molecule has 6 heteroatoms. The Morgan fingerprint density at radius 1 is 1.39 bits per heavy atom. The van der Waals surface area contributed by atoms with Crippen molar-refractivity contribution in [1.29, 1.82) is 0 Å². The van der Waals surface area contributed by atoms with Gasteiger partial charge in [0, 0.05) is 16.1 Å². The first-order valence-corrected chi connectivity index (χ1v) is 6.74. The van der Waals surface area contributed by atoms with E-state index in [1.165, 1.54) is 12.3 Å². The fourth-order valence-corrected chi connectivity index (χ4v) is 2.56. The van der Waals surface area contributed by atoms with Crippen molar-refractivity contribution < 1.29 is 13.9 Å². The molecule has 0 fully saturated rings. The Hall–Kier alpha value is -1.01. The highest BCUT2D eigenvalue weighted by atomic mass is 79.9. The van der Waals surface area contributed by atoms with E-state index in [9.17, 15) is 9.18 Å². The lowest BCUT2D eigenvalue weighted by Crippen LogP contribution is -2.06. The Kier molecular flexibility index (Phi) is 3.97. The molecular weight excluding hydrogens is 369 g/mol. The molecule has 2 aromatic rings. The van der Waals surface area contributed by atoms with Crippen LogP contribution in [0.4, 0.5) is 4.39 Å². The smallest absolute Gasteiger partial charge is 0.340 e. The maximum absolute atomic E-state index is 13.4. The predicted octanol–water partition coefficient (Wildman–Crippen LogP) is 4.08. The molecule has 0 spiro atoms. The minimum Gasteiger partial charge on any atom is -0.462 e. The van der Waals surface area contributed by atoms with Crippen molar-refractivity contribution in [2.45, 2.75) is 6.92 Å². The van der Waals surface area contributed by atoms with Gasteiger partial charge in [0.05, 0.1) is 22.2 Å². The van der Waals surface area contributed by atoms with Crippen LogP contribution in [0.1, 0.15) is 17.3 Å². The van der Waals surface area contributed by atoms with Crippen LogP contribution in [0.3, 0.4) is 0 Å². The fraction of sp³-hybridized carbons (Fsp3) is 0.167. The highest BCUT2D eigenvalue weighted by molar-refractivity contribution is 9.11. The summed E-state index contributed by atoms with van der Waals surface area (Å²) in [5, 5.41) is 0.647. The Bertz CT molecular complexity index is 631. The van der Waals surface area contributed by atoms with E-state index < -0.39 is 11.8 Å². The van der Waals surface area contributed by atoms with Crippen LogP contribution in [-0.2, 0) is 4.74 Å². The van der Waals surface area contributed by atoms with E-state index in [0.29, 0.717) is 20.9 Å². The largest absolute Gasteiger partial charge is 0.462 e. The van der Waals surface area contributed by atoms with Gasteiger partial charge in [-0.3, -0.25) is 4.98 Å². The number of hydrogen-bond acceptors (Lipinski definition) is 3. The zero-order chi connectivity index (χ0) is 13.3. The number of pyridine rings is 1. The van der Waals surface area contributed by atoms with E-state index >= 15 is 0 Å². The van der Waals surface area contributed by atoms with E-state index in [1.807, 2.05) is 0 Å². The lowest BCUT2D eigenvalue weighted by atomic mass is 10.1. The highest BCUT2D eigenvalue weighted by Crippen LogP contribution is 2.32. The first kappa shape index (κ1) is 13.4. The summed E-state index contributed by atoms with van der Waals surface area (Å²) >= 11 is 6.46. The molecule has 0 N–H and O–H groups in total. The fourth-order valence-electron chi connectivity index (χ4n) is 1.53. The van der Waals surface area contributed by atoms with Gasteiger partial charge < -0.3 is 4.74 Å². The molecule has 0 aliphatic carbocycles. The van der Waals surface area contributed by atoms with Gasteiger partial charge in [-0.15, -0.1) is 0 Å². The topological polar surface area (TPSA) is 39.2 Å². The minimum atomic E-state index is -0.459. The maximum Gasteiger partial charge on any atom is 0.340 e. The summed E-state index contributed by atoms with van der Waals surface area (Å²) in [5.74, 6) is -0.856. The average Bonchev–Trinajstić information content (AvgIpc) is 2.34. The molecule has 0 unspecified atom stereocenters. The number of carbonyl (C=O) groups excluding carboxylic acids is 1. The van der Waals surface area contributed by atoms with Gasteiger partial charge in [0.2, 0.25) is 0 Å². The van der Waals surface area contributed by atoms with E-state index in [4.69, 9.17) is 4.74 Å². The lowest BCUT2D eigenvalue weighted by molar-refractivity contribution is 0.0525. The predicted molar refractivity (Wildman–Crippen MR) is 73.1 cm³/mol. The van der Waals surface area contributed by atoms with Crippen molar-refractivity contribution in [3.05, 3.63) is 38.7 Å². The molecular formula is C12H8Br2FNO2. The lowest BCUT2D eigenvalue weighted by Gasteiger charge is -2.08. The Morgan fingerprint density at radius 3 is 2.78 bits per heavy atom. The monoisotopic (exact) mass is 375 g/mol. The third-order valence-corrected chi connectivity index (χ3v) is 3.97. The van der Waals surface area contributed by atoms with Gasteiger partial charge >= 0.3 is 5.97 Å². The number of esters is 1. The van der Waals surface area contributed by atoms with E-state index in [1.54, 1.807) is 13.0 Å². The van der Waals surface area contributed by atoms with Crippen molar-refractivity contribution in [1.82, 2.24) is 4.98 Å². The van der Waals surface area contributed by atoms with Crippen molar-refractivity contribution in [3.8, 4) is 0 Å². The number of aromatic nitrogens is 1. The molecule has 2 rings (SSSR count). The van der Waals surface area contributed by atoms with Crippen LogP contribution in [0.15, 0.2) is 27.3 Å². The van der Waals surface area contributed by atoms with Gasteiger partial charge in [-0.25, -0.2) is 9.18 Å². The first-order valence-electron chi connectivity index (χ1n) is 5.15. The molecule has 0 atom stereocenters. The quantitative estimate of drug-likeness (QED) is 0.741. The molecule has 0 aliphatic rings. The molecule has 0 amide bonds. The normalized spacial score (nSPS) is 10.7. The summed E-state index contributed by atoms with van der Waals surface area (Å²) in [6.07, 6.45) is 1.37. The molecule has 1 aromatic heterocycles. The number of carbonyl (C=O) groups is 1.